The summed E-state index contributed by atoms with van der Waals surface area (Å²) in [4.78, 5) is 11.7. The van der Waals surface area contributed by atoms with Crippen molar-refractivity contribution in [1.29, 1.82) is 0 Å². The molecule has 0 spiro atoms. The van der Waals surface area contributed by atoms with Gasteiger partial charge in [0.25, 0.3) is 0 Å². The van der Waals surface area contributed by atoms with Crippen molar-refractivity contribution in [3.63, 3.8) is 0 Å². The molecule has 3 atom stereocenters. The molecule has 16 heavy (non-hydrogen) atoms. The Morgan fingerprint density at radius 1 is 1.44 bits per heavy atom. The second kappa shape index (κ2) is 6.53. The van der Waals surface area contributed by atoms with E-state index in [1.165, 1.54) is 25.7 Å². The van der Waals surface area contributed by atoms with Gasteiger partial charge in [-0.25, -0.2) is 0 Å². The predicted molar refractivity (Wildman–Crippen MR) is 71.7 cm³/mol. The van der Waals surface area contributed by atoms with E-state index >= 15 is 0 Å². The highest BCUT2D eigenvalue weighted by Crippen LogP contribution is 2.27. The van der Waals surface area contributed by atoms with Crippen LogP contribution in [0, 0.1) is 17.8 Å². The van der Waals surface area contributed by atoms with E-state index in [1.54, 1.807) is 0 Å². The third-order valence-corrected chi connectivity index (χ3v) is 4.34. The molecule has 1 rings (SSSR count). The van der Waals surface area contributed by atoms with Crippen LogP contribution in [0.4, 0.5) is 0 Å². The number of hydrogen-bond donors (Lipinski definition) is 2. The van der Waals surface area contributed by atoms with Gasteiger partial charge in [0.2, 0.25) is 5.91 Å². The maximum Gasteiger partial charge on any atom is 0.233 e. The van der Waals surface area contributed by atoms with E-state index < -0.39 is 0 Å². The Hall–Kier alpha value is -0.180. The lowest BCUT2D eigenvalue weighted by Crippen LogP contribution is -2.38. The third-order valence-electron chi connectivity index (χ3n) is 3.51. The number of amides is 1. The first-order valence-electron chi connectivity index (χ1n) is 6.46. The summed E-state index contributed by atoms with van der Waals surface area (Å²) in [6, 6.07) is 0. The van der Waals surface area contributed by atoms with Gasteiger partial charge in [-0.2, -0.15) is 12.6 Å². The van der Waals surface area contributed by atoms with Gasteiger partial charge in [-0.15, -0.1) is 0 Å². The lowest BCUT2D eigenvalue weighted by atomic mass is 9.82. The van der Waals surface area contributed by atoms with E-state index in [4.69, 9.17) is 0 Å². The fourth-order valence-corrected chi connectivity index (χ4v) is 2.49. The van der Waals surface area contributed by atoms with Gasteiger partial charge in [-0.05, 0) is 30.6 Å². The van der Waals surface area contributed by atoms with Crippen LogP contribution in [0.5, 0.6) is 0 Å². The van der Waals surface area contributed by atoms with E-state index in [1.807, 2.05) is 13.8 Å². The van der Waals surface area contributed by atoms with Gasteiger partial charge in [0.05, 0.1) is 5.25 Å². The maximum atomic E-state index is 11.7. The molecule has 0 aromatic heterocycles. The Labute approximate surface area is 105 Å². The van der Waals surface area contributed by atoms with Gasteiger partial charge in [0.1, 0.15) is 0 Å². The van der Waals surface area contributed by atoms with Crippen molar-refractivity contribution in [2.24, 2.45) is 17.8 Å². The highest BCUT2D eigenvalue weighted by molar-refractivity contribution is 7.81. The second-order valence-electron chi connectivity index (χ2n) is 5.57. The first-order valence-corrected chi connectivity index (χ1v) is 6.98. The molecule has 0 bridgehead atoms. The average molecular weight is 243 g/mol. The van der Waals surface area contributed by atoms with Crippen molar-refractivity contribution in [3.05, 3.63) is 0 Å². The van der Waals surface area contributed by atoms with Crippen LogP contribution in [-0.4, -0.2) is 17.7 Å². The van der Waals surface area contributed by atoms with Crippen LogP contribution < -0.4 is 5.32 Å². The SMILES string of the molecule is CC1CCCC(CNC(=O)C(S)C(C)C)C1. The minimum atomic E-state index is -0.166. The van der Waals surface area contributed by atoms with Gasteiger partial charge in [-0.1, -0.05) is 33.6 Å². The molecule has 0 aromatic carbocycles. The van der Waals surface area contributed by atoms with Crippen LogP contribution in [0.15, 0.2) is 0 Å². The Balaban J connectivity index is 2.25. The molecule has 0 aliphatic heterocycles. The quantitative estimate of drug-likeness (QED) is 0.730. The molecule has 0 saturated heterocycles. The van der Waals surface area contributed by atoms with Crippen molar-refractivity contribution < 1.29 is 4.79 Å². The first kappa shape index (κ1) is 13.9. The summed E-state index contributed by atoms with van der Waals surface area (Å²) in [5, 5.41) is 2.87. The Morgan fingerprint density at radius 3 is 2.69 bits per heavy atom. The number of hydrogen-bond acceptors (Lipinski definition) is 2. The maximum absolute atomic E-state index is 11.7. The molecule has 0 aromatic rings. The molecule has 3 heteroatoms. The minimum absolute atomic E-state index is 0.0940. The molecule has 2 nitrogen and oxygen atoms in total. The number of thiol groups is 1. The summed E-state index contributed by atoms with van der Waals surface area (Å²) in [7, 11) is 0. The largest absolute Gasteiger partial charge is 0.355 e. The van der Waals surface area contributed by atoms with Crippen molar-refractivity contribution in [2.75, 3.05) is 6.54 Å². The van der Waals surface area contributed by atoms with E-state index in [9.17, 15) is 4.79 Å². The number of nitrogens with one attached hydrogen (secondary N) is 1. The summed E-state index contributed by atoms with van der Waals surface area (Å²) in [5.74, 6) is 1.90. The monoisotopic (exact) mass is 243 g/mol. The lowest BCUT2D eigenvalue weighted by Gasteiger charge is -2.27. The topological polar surface area (TPSA) is 29.1 Å². The molecule has 1 aliphatic carbocycles. The first-order chi connectivity index (χ1) is 7.50. The molecule has 3 unspecified atom stereocenters. The van der Waals surface area contributed by atoms with E-state index in [0.29, 0.717) is 11.8 Å². The zero-order valence-corrected chi connectivity index (χ0v) is 11.6. The fourth-order valence-electron chi connectivity index (χ4n) is 2.40. The number of rotatable bonds is 4. The van der Waals surface area contributed by atoms with Crippen LogP contribution in [0.1, 0.15) is 46.5 Å². The Bertz CT molecular complexity index is 230. The molecule has 1 fully saturated rings. The highest BCUT2D eigenvalue weighted by atomic mass is 32.1. The zero-order valence-electron chi connectivity index (χ0n) is 10.7. The van der Waals surface area contributed by atoms with Crippen molar-refractivity contribution in [3.8, 4) is 0 Å². The Kier molecular flexibility index (Phi) is 5.67. The molecule has 1 N–H and O–H groups in total. The summed E-state index contributed by atoms with van der Waals surface area (Å²) in [6.45, 7) is 7.20. The summed E-state index contributed by atoms with van der Waals surface area (Å²) in [5.41, 5.74) is 0. The molecule has 1 amide bonds. The highest BCUT2D eigenvalue weighted by Gasteiger charge is 2.21. The van der Waals surface area contributed by atoms with E-state index in [0.717, 1.165) is 12.5 Å². The average Bonchev–Trinajstić information content (AvgIpc) is 2.24. The van der Waals surface area contributed by atoms with Crippen LogP contribution in [0.3, 0.4) is 0 Å². The molecular formula is C13H25NOS. The predicted octanol–water partition coefficient (Wildman–Crippen LogP) is 2.88. The fraction of sp³-hybridized carbons (Fsp3) is 0.923. The van der Waals surface area contributed by atoms with E-state index in [2.05, 4.69) is 24.9 Å². The molecule has 94 valence electrons. The normalized spacial score (nSPS) is 27.8. The van der Waals surface area contributed by atoms with Gasteiger partial charge in [-0.3, -0.25) is 4.79 Å². The minimum Gasteiger partial charge on any atom is -0.355 e. The second-order valence-corrected chi connectivity index (χ2v) is 6.13. The molecule has 1 aliphatic rings. The smallest absolute Gasteiger partial charge is 0.233 e. The van der Waals surface area contributed by atoms with Crippen LogP contribution in [-0.2, 0) is 4.79 Å². The number of carbonyl (C=O) groups excluding carboxylic acids is 1. The molecule has 0 radical (unpaired) electrons. The zero-order chi connectivity index (χ0) is 12.1. The van der Waals surface area contributed by atoms with Gasteiger partial charge < -0.3 is 5.32 Å². The summed E-state index contributed by atoms with van der Waals surface area (Å²) >= 11 is 4.32. The van der Waals surface area contributed by atoms with Crippen molar-refractivity contribution in [1.82, 2.24) is 5.32 Å². The number of carbonyl (C=O) groups is 1. The molecule has 0 heterocycles. The summed E-state index contributed by atoms with van der Waals surface area (Å²) in [6.07, 6.45) is 5.20. The van der Waals surface area contributed by atoms with Crippen molar-refractivity contribution in [2.45, 2.75) is 51.7 Å². The Morgan fingerprint density at radius 2 is 2.12 bits per heavy atom. The standard InChI is InChI=1S/C13H25NOS/c1-9(2)12(16)13(15)14-8-11-6-4-5-10(3)7-11/h9-12,16H,4-8H2,1-3H3,(H,14,15). The van der Waals surface area contributed by atoms with Gasteiger partial charge >= 0.3 is 0 Å². The molecular weight excluding hydrogens is 218 g/mol. The van der Waals surface area contributed by atoms with Gasteiger partial charge in [0.15, 0.2) is 0 Å². The third kappa shape index (κ3) is 4.36. The van der Waals surface area contributed by atoms with Crippen molar-refractivity contribution >= 4 is 18.5 Å². The van der Waals surface area contributed by atoms with Crippen LogP contribution in [0.25, 0.3) is 0 Å². The summed E-state index contributed by atoms with van der Waals surface area (Å²) < 4.78 is 0. The molecule has 1 saturated carbocycles. The van der Waals surface area contributed by atoms with Crippen LogP contribution in [0.2, 0.25) is 0 Å². The van der Waals surface area contributed by atoms with Gasteiger partial charge in [0, 0.05) is 6.54 Å². The van der Waals surface area contributed by atoms with E-state index in [-0.39, 0.29) is 11.2 Å². The van der Waals surface area contributed by atoms with Crippen LogP contribution >= 0.6 is 12.6 Å². The lowest BCUT2D eigenvalue weighted by molar-refractivity contribution is -0.121.